The first kappa shape index (κ1) is 20.3. The van der Waals surface area contributed by atoms with Crippen LogP contribution in [0.15, 0.2) is 52.4 Å². The summed E-state index contributed by atoms with van der Waals surface area (Å²) in [4.78, 5) is 32.4. The van der Waals surface area contributed by atoms with Crippen molar-refractivity contribution in [2.24, 2.45) is 0 Å². The fourth-order valence-electron chi connectivity index (χ4n) is 3.42. The number of carbonyl (C=O) groups is 1. The second-order valence-corrected chi connectivity index (χ2v) is 8.64. The molecule has 2 heterocycles. The first-order valence-electron chi connectivity index (χ1n) is 9.42. The molecule has 2 aromatic carbocycles. The van der Waals surface area contributed by atoms with Crippen LogP contribution in [0.3, 0.4) is 0 Å². The smallest absolute Gasteiger partial charge is 0.266 e. The second kappa shape index (κ2) is 8.78. The van der Waals surface area contributed by atoms with Crippen molar-refractivity contribution in [3.05, 3.63) is 62.9 Å². The van der Waals surface area contributed by atoms with Crippen LogP contribution in [0.2, 0.25) is 10.0 Å². The Labute approximate surface area is 182 Å². The van der Waals surface area contributed by atoms with Gasteiger partial charge in [-0.25, -0.2) is 4.98 Å². The van der Waals surface area contributed by atoms with Crippen LogP contribution in [0.4, 0.5) is 0 Å². The number of likely N-dealkylation sites (tertiary alicyclic amines) is 1. The minimum atomic E-state index is -0.207. The van der Waals surface area contributed by atoms with E-state index in [1.807, 2.05) is 11.0 Å². The van der Waals surface area contributed by atoms with Gasteiger partial charge in [0.05, 0.1) is 32.4 Å². The Morgan fingerprint density at radius 2 is 1.79 bits per heavy atom. The maximum Gasteiger partial charge on any atom is 0.266 e. The highest BCUT2D eigenvalue weighted by molar-refractivity contribution is 7.99. The molecule has 1 aliphatic rings. The lowest BCUT2D eigenvalue weighted by Gasteiger charge is -2.26. The van der Waals surface area contributed by atoms with Crippen molar-refractivity contribution in [3.8, 4) is 5.69 Å². The molecular formula is C21H19Cl2N3O2S. The van der Waals surface area contributed by atoms with E-state index in [2.05, 4.69) is 4.98 Å². The predicted octanol–water partition coefficient (Wildman–Crippen LogP) is 4.80. The van der Waals surface area contributed by atoms with E-state index in [1.165, 1.54) is 22.7 Å². The summed E-state index contributed by atoms with van der Waals surface area (Å²) in [6, 6.07) is 12.2. The number of aromatic nitrogens is 2. The Bertz CT molecular complexity index is 1130. The first-order chi connectivity index (χ1) is 14.0. The van der Waals surface area contributed by atoms with Crippen molar-refractivity contribution in [2.45, 2.75) is 24.4 Å². The van der Waals surface area contributed by atoms with E-state index in [0.717, 1.165) is 25.9 Å². The Balaban J connectivity index is 1.74. The van der Waals surface area contributed by atoms with Crippen LogP contribution in [-0.4, -0.2) is 39.2 Å². The van der Waals surface area contributed by atoms with E-state index in [-0.39, 0.29) is 17.2 Å². The molecule has 8 heteroatoms. The van der Waals surface area contributed by atoms with Crippen LogP contribution in [0.25, 0.3) is 16.6 Å². The van der Waals surface area contributed by atoms with E-state index in [9.17, 15) is 9.59 Å². The molecule has 29 heavy (non-hydrogen) atoms. The number of carbonyl (C=O) groups excluding carboxylic acids is 1. The number of amides is 1. The predicted molar refractivity (Wildman–Crippen MR) is 119 cm³/mol. The van der Waals surface area contributed by atoms with Crippen LogP contribution in [-0.2, 0) is 4.79 Å². The van der Waals surface area contributed by atoms with Gasteiger partial charge in [0.2, 0.25) is 5.91 Å². The number of para-hydroxylation sites is 1. The maximum absolute atomic E-state index is 13.2. The Kier molecular flexibility index (Phi) is 6.13. The summed E-state index contributed by atoms with van der Waals surface area (Å²) in [7, 11) is 0. The lowest BCUT2D eigenvalue weighted by atomic mass is 10.1. The lowest BCUT2D eigenvalue weighted by molar-refractivity contribution is -0.129. The number of hydrogen-bond donors (Lipinski definition) is 0. The average Bonchev–Trinajstić information content (AvgIpc) is 2.75. The molecule has 0 bridgehead atoms. The van der Waals surface area contributed by atoms with E-state index >= 15 is 0 Å². The SMILES string of the molecule is O=C(CSc1nc2ccccc2c(=O)n1-c1ccc(Cl)c(Cl)c1)N1CCCCC1. The molecule has 150 valence electrons. The van der Waals surface area contributed by atoms with Gasteiger partial charge in [-0.05, 0) is 49.6 Å². The summed E-state index contributed by atoms with van der Waals surface area (Å²) in [5.74, 6) is 0.296. The summed E-state index contributed by atoms with van der Waals surface area (Å²) >= 11 is 13.5. The fourth-order valence-corrected chi connectivity index (χ4v) is 4.63. The number of benzene rings is 2. The van der Waals surface area contributed by atoms with Crippen molar-refractivity contribution in [1.29, 1.82) is 0 Å². The highest BCUT2D eigenvalue weighted by Gasteiger charge is 2.19. The van der Waals surface area contributed by atoms with E-state index < -0.39 is 0 Å². The zero-order chi connectivity index (χ0) is 20.4. The van der Waals surface area contributed by atoms with Crippen LogP contribution < -0.4 is 5.56 Å². The molecule has 5 nitrogen and oxygen atoms in total. The zero-order valence-electron chi connectivity index (χ0n) is 15.6. The lowest BCUT2D eigenvalue weighted by Crippen LogP contribution is -2.36. The Morgan fingerprint density at radius 1 is 1.03 bits per heavy atom. The third-order valence-corrected chi connectivity index (χ3v) is 6.60. The zero-order valence-corrected chi connectivity index (χ0v) is 17.9. The first-order valence-corrected chi connectivity index (χ1v) is 11.2. The standard InChI is InChI=1S/C21H19Cl2N3O2S/c22-16-9-8-14(12-17(16)23)26-20(28)15-6-2-3-7-18(15)24-21(26)29-13-19(27)25-10-4-1-5-11-25/h2-3,6-9,12H,1,4-5,10-11,13H2. The monoisotopic (exact) mass is 447 g/mol. The van der Waals surface area contributed by atoms with Gasteiger partial charge in [0.1, 0.15) is 0 Å². The number of nitrogens with zero attached hydrogens (tertiary/aromatic N) is 3. The molecule has 0 saturated carbocycles. The van der Waals surface area contributed by atoms with Crippen molar-refractivity contribution in [2.75, 3.05) is 18.8 Å². The number of rotatable bonds is 4. The summed E-state index contributed by atoms with van der Waals surface area (Å²) < 4.78 is 1.50. The highest BCUT2D eigenvalue weighted by Crippen LogP contribution is 2.27. The van der Waals surface area contributed by atoms with Crippen LogP contribution in [0.1, 0.15) is 19.3 Å². The molecule has 3 aromatic rings. The van der Waals surface area contributed by atoms with Crippen LogP contribution in [0.5, 0.6) is 0 Å². The van der Waals surface area contributed by atoms with Crippen molar-refractivity contribution < 1.29 is 4.79 Å². The molecule has 0 N–H and O–H groups in total. The summed E-state index contributed by atoms with van der Waals surface area (Å²) in [6.45, 7) is 1.59. The second-order valence-electron chi connectivity index (χ2n) is 6.88. The highest BCUT2D eigenvalue weighted by atomic mass is 35.5. The van der Waals surface area contributed by atoms with Gasteiger partial charge in [-0.2, -0.15) is 0 Å². The number of piperidine rings is 1. The van der Waals surface area contributed by atoms with E-state index in [0.29, 0.717) is 31.8 Å². The summed E-state index contributed by atoms with van der Waals surface area (Å²) in [6.07, 6.45) is 3.25. The van der Waals surface area contributed by atoms with Gasteiger partial charge in [-0.3, -0.25) is 14.2 Å². The third-order valence-electron chi connectivity index (χ3n) is 4.94. The molecule has 0 atom stereocenters. The molecule has 0 unspecified atom stereocenters. The van der Waals surface area contributed by atoms with E-state index in [1.54, 1.807) is 36.4 Å². The molecule has 0 radical (unpaired) electrons. The number of fused-ring (bicyclic) bond motifs is 1. The molecule has 1 aliphatic heterocycles. The van der Waals surface area contributed by atoms with Crippen molar-refractivity contribution in [1.82, 2.24) is 14.5 Å². The third kappa shape index (κ3) is 4.29. The molecular weight excluding hydrogens is 429 g/mol. The molecule has 1 amide bonds. The van der Waals surface area contributed by atoms with Gasteiger partial charge >= 0.3 is 0 Å². The topological polar surface area (TPSA) is 55.2 Å². The van der Waals surface area contributed by atoms with Gasteiger partial charge in [0, 0.05) is 13.1 Å². The van der Waals surface area contributed by atoms with Crippen molar-refractivity contribution >= 4 is 51.8 Å². The van der Waals surface area contributed by atoms with Gasteiger partial charge in [0.15, 0.2) is 5.16 Å². The maximum atomic E-state index is 13.2. The van der Waals surface area contributed by atoms with Gasteiger partial charge in [-0.1, -0.05) is 47.1 Å². The Morgan fingerprint density at radius 3 is 2.55 bits per heavy atom. The minimum Gasteiger partial charge on any atom is -0.342 e. The van der Waals surface area contributed by atoms with Gasteiger partial charge < -0.3 is 4.90 Å². The number of thioether (sulfide) groups is 1. The van der Waals surface area contributed by atoms with E-state index in [4.69, 9.17) is 23.2 Å². The van der Waals surface area contributed by atoms with Crippen LogP contribution >= 0.6 is 35.0 Å². The Hall–Kier alpha value is -2.02. The molecule has 1 aromatic heterocycles. The number of hydrogen-bond acceptors (Lipinski definition) is 4. The summed E-state index contributed by atoms with van der Waals surface area (Å²) in [5.41, 5.74) is 0.958. The molecule has 4 rings (SSSR count). The van der Waals surface area contributed by atoms with Crippen LogP contribution in [0, 0.1) is 0 Å². The van der Waals surface area contributed by atoms with Crippen molar-refractivity contribution in [3.63, 3.8) is 0 Å². The molecule has 0 aliphatic carbocycles. The quantitative estimate of drug-likeness (QED) is 0.425. The minimum absolute atomic E-state index is 0.0674. The normalized spacial score (nSPS) is 14.3. The molecule has 1 fully saturated rings. The molecule has 0 spiro atoms. The van der Waals surface area contributed by atoms with Gasteiger partial charge in [0.25, 0.3) is 5.56 Å². The number of halogens is 2. The fraction of sp³-hybridized carbons (Fsp3) is 0.286. The average molecular weight is 448 g/mol. The van der Waals surface area contributed by atoms with Gasteiger partial charge in [-0.15, -0.1) is 0 Å². The molecule has 1 saturated heterocycles. The summed E-state index contributed by atoms with van der Waals surface area (Å²) in [5, 5.41) is 1.72. The largest absolute Gasteiger partial charge is 0.342 e.